The second-order valence-corrected chi connectivity index (χ2v) is 5.59. The van der Waals surface area contributed by atoms with Crippen LogP contribution in [-0.2, 0) is 11.2 Å². The fraction of sp³-hybridized carbons (Fsp3) is 0.562. The Bertz CT molecular complexity index is 410. The number of piperidine rings is 1. The zero-order chi connectivity index (χ0) is 13.7. The van der Waals surface area contributed by atoms with E-state index in [1.165, 1.54) is 5.56 Å². The van der Waals surface area contributed by atoms with Crippen LogP contribution in [0, 0.1) is 5.92 Å². The van der Waals surface area contributed by atoms with E-state index in [1.54, 1.807) is 0 Å². The van der Waals surface area contributed by atoms with Crippen LogP contribution < -0.4 is 5.73 Å². The third-order valence-corrected chi connectivity index (χ3v) is 4.04. The number of benzene rings is 1. The fourth-order valence-corrected chi connectivity index (χ4v) is 2.84. The van der Waals surface area contributed by atoms with Gasteiger partial charge in [0.05, 0.1) is 0 Å². The van der Waals surface area contributed by atoms with Crippen molar-refractivity contribution in [3.05, 3.63) is 35.9 Å². The van der Waals surface area contributed by atoms with E-state index >= 15 is 0 Å². The van der Waals surface area contributed by atoms with E-state index in [2.05, 4.69) is 19.1 Å². The summed E-state index contributed by atoms with van der Waals surface area (Å²) in [7, 11) is 0. The van der Waals surface area contributed by atoms with Crippen LogP contribution in [0.4, 0.5) is 0 Å². The predicted octanol–water partition coefficient (Wildman–Crippen LogP) is 2.63. The SMILES string of the molecule is CC1CCN(C(=O)CCc2ccccc2)C(CN)C1.Cl. The summed E-state index contributed by atoms with van der Waals surface area (Å²) in [6, 6.07) is 10.4. The topological polar surface area (TPSA) is 46.3 Å². The van der Waals surface area contributed by atoms with E-state index in [4.69, 9.17) is 5.73 Å². The first kappa shape index (κ1) is 17.0. The lowest BCUT2D eigenvalue weighted by molar-refractivity contribution is -0.135. The van der Waals surface area contributed by atoms with Gasteiger partial charge in [0.1, 0.15) is 0 Å². The van der Waals surface area contributed by atoms with E-state index in [9.17, 15) is 4.79 Å². The lowest BCUT2D eigenvalue weighted by Crippen LogP contribution is -2.49. The van der Waals surface area contributed by atoms with Crippen molar-refractivity contribution in [2.75, 3.05) is 13.1 Å². The van der Waals surface area contributed by atoms with Crippen molar-refractivity contribution in [3.63, 3.8) is 0 Å². The number of likely N-dealkylation sites (tertiary alicyclic amines) is 1. The Balaban J connectivity index is 0.00000200. The van der Waals surface area contributed by atoms with Gasteiger partial charge in [0.25, 0.3) is 0 Å². The minimum Gasteiger partial charge on any atom is -0.338 e. The molecule has 1 heterocycles. The van der Waals surface area contributed by atoms with Gasteiger partial charge in [-0.25, -0.2) is 0 Å². The van der Waals surface area contributed by atoms with Gasteiger partial charge in [0, 0.05) is 25.6 Å². The molecule has 1 aliphatic heterocycles. The lowest BCUT2D eigenvalue weighted by atomic mass is 9.92. The number of nitrogens with zero attached hydrogens (tertiary/aromatic N) is 1. The number of carbonyl (C=O) groups is 1. The van der Waals surface area contributed by atoms with Gasteiger partial charge in [-0.3, -0.25) is 4.79 Å². The quantitative estimate of drug-likeness (QED) is 0.928. The molecule has 1 amide bonds. The first-order valence-corrected chi connectivity index (χ1v) is 7.24. The van der Waals surface area contributed by atoms with Crippen molar-refractivity contribution in [2.24, 2.45) is 11.7 Å². The zero-order valence-electron chi connectivity index (χ0n) is 12.1. The van der Waals surface area contributed by atoms with Crippen molar-refractivity contribution in [1.82, 2.24) is 4.90 Å². The molecule has 1 aromatic rings. The summed E-state index contributed by atoms with van der Waals surface area (Å²) in [6.07, 6.45) is 3.57. The second-order valence-electron chi connectivity index (χ2n) is 5.59. The molecule has 2 N–H and O–H groups in total. The Morgan fingerprint density at radius 1 is 1.35 bits per heavy atom. The normalized spacial score (nSPS) is 22.2. The molecule has 0 aromatic heterocycles. The average Bonchev–Trinajstić information content (AvgIpc) is 2.45. The van der Waals surface area contributed by atoms with Gasteiger partial charge in [0.2, 0.25) is 5.91 Å². The number of hydrogen-bond donors (Lipinski definition) is 1. The number of hydrogen-bond acceptors (Lipinski definition) is 2. The molecule has 0 bridgehead atoms. The monoisotopic (exact) mass is 296 g/mol. The molecule has 3 nitrogen and oxygen atoms in total. The molecule has 2 atom stereocenters. The molecule has 2 unspecified atom stereocenters. The Labute approximate surface area is 127 Å². The van der Waals surface area contributed by atoms with E-state index in [0.29, 0.717) is 18.9 Å². The third kappa shape index (κ3) is 4.50. The molecule has 1 aliphatic rings. The predicted molar refractivity (Wildman–Crippen MR) is 85.0 cm³/mol. The largest absolute Gasteiger partial charge is 0.338 e. The Morgan fingerprint density at radius 3 is 2.70 bits per heavy atom. The maximum Gasteiger partial charge on any atom is 0.223 e. The van der Waals surface area contributed by atoms with E-state index in [0.717, 1.165) is 25.8 Å². The highest BCUT2D eigenvalue weighted by atomic mass is 35.5. The molecule has 0 radical (unpaired) electrons. The number of carbonyl (C=O) groups excluding carboxylic acids is 1. The van der Waals surface area contributed by atoms with Crippen molar-refractivity contribution < 1.29 is 4.79 Å². The fourth-order valence-electron chi connectivity index (χ4n) is 2.84. The van der Waals surface area contributed by atoms with Crippen molar-refractivity contribution in [1.29, 1.82) is 0 Å². The summed E-state index contributed by atoms with van der Waals surface area (Å²) in [5, 5.41) is 0. The molecule has 1 fully saturated rings. The smallest absolute Gasteiger partial charge is 0.223 e. The molecular weight excluding hydrogens is 272 g/mol. The highest BCUT2D eigenvalue weighted by Gasteiger charge is 2.28. The second kappa shape index (κ2) is 8.28. The lowest BCUT2D eigenvalue weighted by Gasteiger charge is -2.38. The maximum atomic E-state index is 12.3. The van der Waals surface area contributed by atoms with Crippen LogP contribution in [0.15, 0.2) is 30.3 Å². The van der Waals surface area contributed by atoms with E-state index < -0.39 is 0 Å². The summed E-state index contributed by atoms with van der Waals surface area (Å²) in [6.45, 7) is 3.70. The summed E-state index contributed by atoms with van der Waals surface area (Å²) in [5.74, 6) is 0.943. The van der Waals surface area contributed by atoms with E-state index in [-0.39, 0.29) is 24.4 Å². The number of amides is 1. The van der Waals surface area contributed by atoms with Gasteiger partial charge in [0.15, 0.2) is 0 Å². The Morgan fingerprint density at radius 2 is 2.05 bits per heavy atom. The van der Waals surface area contributed by atoms with Crippen molar-refractivity contribution in [3.8, 4) is 0 Å². The first-order valence-electron chi connectivity index (χ1n) is 7.24. The van der Waals surface area contributed by atoms with Gasteiger partial charge in [-0.15, -0.1) is 12.4 Å². The van der Waals surface area contributed by atoms with Gasteiger partial charge >= 0.3 is 0 Å². The molecular formula is C16H25ClN2O. The van der Waals surface area contributed by atoms with Gasteiger partial charge in [-0.1, -0.05) is 37.3 Å². The van der Waals surface area contributed by atoms with Gasteiger partial charge in [-0.2, -0.15) is 0 Å². The third-order valence-electron chi connectivity index (χ3n) is 4.04. The van der Waals surface area contributed by atoms with Crippen molar-refractivity contribution in [2.45, 2.75) is 38.6 Å². The maximum absolute atomic E-state index is 12.3. The van der Waals surface area contributed by atoms with E-state index in [1.807, 2.05) is 23.1 Å². The van der Waals surface area contributed by atoms with Crippen LogP contribution in [0.25, 0.3) is 0 Å². The molecule has 2 rings (SSSR count). The molecule has 0 saturated carbocycles. The van der Waals surface area contributed by atoms with Crippen LogP contribution in [0.1, 0.15) is 31.7 Å². The van der Waals surface area contributed by atoms with Crippen LogP contribution >= 0.6 is 12.4 Å². The summed E-state index contributed by atoms with van der Waals surface area (Å²) >= 11 is 0. The molecule has 0 aliphatic carbocycles. The number of aryl methyl sites for hydroxylation is 1. The molecule has 0 spiro atoms. The minimum absolute atomic E-state index is 0. The van der Waals surface area contributed by atoms with Crippen LogP contribution in [0.2, 0.25) is 0 Å². The Hall–Kier alpha value is -1.06. The zero-order valence-corrected chi connectivity index (χ0v) is 12.9. The number of rotatable bonds is 4. The first-order chi connectivity index (χ1) is 9.20. The highest BCUT2D eigenvalue weighted by molar-refractivity contribution is 5.85. The molecule has 112 valence electrons. The summed E-state index contributed by atoms with van der Waals surface area (Å²) in [5.41, 5.74) is 7.03. The van der Waals surface area contributed by atoms with Gasteiger partial charge < -0.3 is 10.6 Å². The average molecular weight is 297 g/mol. The number of halogens is 1. The number of nitrogens with two attached hydrogens (primary N) is 1. The molecule has 4 heteroatoms. The van der Waals surface area contributed by atoms with Gasteiger partial charge in [-0.05, 0) is 30.7 Å². The Kier molecular flexibility index (Phi) is 7.03. The minimum atomic E-state index is 0. The summed E-state index contributed by atoms with van der Waals surface area (Å²) in [4.78, 5) is 14.3. The van der Waals surface area contributed by atoms with Crippen LogP contribution in [-0.4, -0.2) is 29.9 Å². The van der Waals surface area contributed by atoms with Crippen molar-refractivity contribution >= 4 is 18.3 Å². The standard InChI is InChI=1S/C16H24N2O.ClH/c1-13-9-10-18(15(11-13)12-17)16(19)8-7-14-5-3-2-4-6-14;/h2-6,13,15H,7-12,17H2,1H3;1H. The molecule has 20 heavy (non-hydrogen) atoms. The summed E-state index contributed by atoms with van der Waals surface area (Å²) < 4.78 is 0. The van der Waals surface area contributed by atoms with Crippen LogP contribution in [0.3, 0.4) is 0 Å². The highest BCUT2D eigenvalue weighted by Crippen LogP contribution is 2.22. The van der Waals surface area contributed by atoms with Crippen LogP contribution in [0.5, 0.6) is 0 Å². The molecule has 1 aromatic carbocycles. The molecule has 1 saturated heterocycles.